The van der Waals surface area contributed by atoms with E-state index in [9.17, 15) is 9.59 Å². The maximum Gasteiger partial charge on any atom is 0.254 e. The van der Waals surface area contributed by atoms with Crippen molar-refractivity contribution in [3.05, 3.63) is 65.5 Å². The molecule has 1 saturated heterocycles. The summed E-state index contributed by atoms with van der Waals surface area (Å²) in [5.74, 6) is 0.705. The molecule has 1 aromatic heterocycles. The largest absolute Gasteiger partial charge is 0.441 e. The Morgan fingerprint density at radius 2 is 1.71 bits per heavy atom. The number of carbonyl (C=O) groups is 2. The molecule has 0 unspecified atom stereocenters. The monoisotopic (exact) mass is 377 g/mol. The van der Waals surface area contributed by atoms with Gasteiger partial charge in [-0.15, -0.1) is 0 Å². The molecule has 28 heavy (non-hydrogen) atoms. The first-order valence-corrected chi connectivity index (χ1v) is 9.58. The van der Waals surface area contributed by atoms with Crippen LogP contribution in [0.15, 0.2) is 52.9 Å². The lowest BCUT2D eigenvalue weighted by Gasteiger charge is -2.35. The van der Waals surface area contributed by atoms with Gasteiger partial charge in [0, 0.05) is 45.1 Å². The SMILES string of the molecule is Cc1nc2cc(C(=O)N3CCN(C(=O)CCc4ccccc4)CC3)ccc2o1. The van der Waals surface area contributed by atoms with E-state index in [2.05, 4.69) is 4.98 Å². The van der Waals surface area contributed by atoms with Gasteiger partial charge < -0.3 is 14.2 Å². The molecular formula is C22H23N3O3. The minimum Gasteiger partial charge on any atom is -0.441 e. The lowest BCUT2D eigenvalue weighted by molar-refractivity contribution is -0.132. The van der Waals surface area contributed by atoms with Gasteiger partial charge >= 0.3 is 0 Å². The first-order valence-electron chi connectivity index (χ1n) is 9.58. The third kappa shape index (κ3) is 3.91. The van der Waals surface area contributed by atoms with Gasteiger partial charge in [-0.3, -0.25) is 9.59 Å². The van der Waals surface area contributed by atoms with Crippen molar-refractivity contribution < 1.29 is 14.0 Å². The lowest BCUT2D eigenvalue weighted by atomic mass is 10.1. The van der Waals surface area contributed by atoms with E-state index in [0.717, 1.165) is 6.42 Å². The first-order chi connectivity index (χ1) is 13.6. The zero-order valence-corrected chi connectivity index (χ0v) is 15.9. The van der Waals surface area contributed by atoms with Gasteiger partial charge in [-0.1, -0.05) is 30.3 Å². The summed E-state index contributed by atoms with van der Waals surface area (Å²) in [7, 11) is 0. The highest BCUT2D eigenvalue weighted by Gasteiger charge is 2.25. The predicted octanol–water partition coefficient (Wildman–Crippen LogP) is 3.05. The molecule has 6 nitrogen and oxygen atoms in total. The summed E-state index contributed by atoms with van der Waals surface area (Å²) < 4.78 is 5.46. The Hall–Kier alpha value is -3.15. The van der Waals surface area contributed by atoms with Gasteiger partial charge in [-0.2, -0.15) is 0 Å². The molecule has 0 spiro atoms. The highest BCUT2D eigenvalue weighted by molar-refractivity contribution is 5.97. The van der Waals surface area contributed by atoms with Crippen LogP contribution in [0.3, 0.4) is 0 Å². The molecule has 1 aliphatic heterocycles. The summed E-state index contributed by atoms with van der Waals surface area (Å²) >= 11 is 0. The maximum absolute atomic E-state index is 12.8. The molecule has 6 heteroatoms. The van der Waals surface area contributed by atoms with E-state index in [1.807, 2.05) is 35.2 Å². The molecule has 0 radical (unpaired) electrons. The third-order valence-corrected chi connectivity index (χ3v) is 5.13. The number of aryl methyl sites for hydroxylation is 2. The maximum atomic E-state index is 12.8. The van der Waals surface area contributed by atoms with Crippen LogP contribution in [0.1, 0.15) is 28.2 Å². The van der Waals surface area contributed by atoms with E-state index in [4.69, 9.17) is 4.42 Å². The van der Waals surface area contributed by atoms with Crippen molar-refractivity contribution in [3.63, 3.8) is 0 Å². The summed E-state index contributed by atoms with van der Waals surface area (Å²) in [6, 6.07) is 15.4. The highest BCUT2D eigenvalue weighted by Crippen LogP contribution is 2.18. The molecule has 4 rings (SSSR count). The average molecular weight is 377 g/mol. The molecule has 0 bridgehead atoms. The molecule has 2 heterocycles. The van der Waals surface area contributed by atoms with Gasteiger partial charge in [-0.05, 0) is 30.2 Å². The van der Waals surface area contributed by atoms with Gasteiger partial charge in [-0.25, -0.2) is 4.98 Å². The van der Waals surface area contributed by atoms with Gasteiger partial charge in [0.05, 0.1) is 0 Å². The molecule has 2 amide bonds. The number of rotatable bonds is 4. The normalized spacial score (nSPS) is 14.5. The number of oxazole rings is 1. The van der Waals surface area contributed by atoms with Crippen LogP contribution in [0, 0.1) is 6.92 Å². The van der Waals surface area contributed by atoms with Crippen LogP contribution in [-0.4, -0.2) is 52.8 Å². The number of nitrogens with zero attached hydrogens (tertiary/aromatic N) is 3. The second-order valence-corrected chi connectivity index (χ2v) is 7.07. The third-order valence-electron chi connectivity index (χ3n) is 5.13. The van der Waals surface area contributed by atoms with Gasteiger partial charge in [0.2, 0.25) is 5.91 Å². The van der Waals surface area contributed by atoms with Crippen molar-refractivity contribution in [1.82, 2.24) is 14.8 Å². The molecule has 144 valence electrons. The molecule has 0 N–H and O–H groups in total. The standard InChI is InChI=1S/C22H23N3O3/c1-16-23-19-15-18(8-9-20(19)28-16)22(27)25-13-11-24(12-14-25)21(26)10-7-17-5-3-2-4-6-17/h2-6,8-9,15H,7,10-14H2,1H3. The second-order valence-electron chi connectivity index (χ2n) is 7.07. The molecule has 2 aromatic carbocycles. The van der Waals surface area contributed by atoms with Crippen molar-refractivity contribution in [2.24, 2.45) is 0 Å². The van der Waals surface area contributed by atoms with Crippen LogP contribution in [0.25, 0.3) is 11.1 Å². The summed E-state index contributed by atoms with van der Waals surface area (Å²) in [6.45, 7) is 4.03. The quantitative estimate of drug-likeness (QED) is 0.701. The Morgan fingerprint density at radius 3 is 2.46 bits per heavy atom. The minimum atomic E-state index is -0.0288. The molecule has 0 saturated carbocycles. The summed E-state index contributed by atoms with van der Waals surface area (Å²) in [6.07, 6.45) is 1.25. The molecule has 0 atom stereocenters. The highest BCUT2D eigenvalue weighted by atomic mass is 16.3. The fourth-order valence-corrected chi connectivity index (χ4v) is 3.57. The van der Waals surface area contributed by atoms with Crippen LogP contribution in [0.5, 0.6) is 0 Å². The van der Waals surface area contributed by atoms with Gasteiger partial charge in [0.15, 0.2) is 11.5 Å². The van der Waals surface area contributed by atoms with E-state index in [1.165, 1.54) is 5.56 Å². The van der Waals surface area contributed by atoms with E-state index in [-0.39, 0.29) is 11.8 Å². The fraction of sp³-hybridized carbons (Fsp3) is 0.318. The number of hydrogen-bond acceptors (Lipinski definition) is 4. The molecule has 0 aliphatic carbocycles. The first kappa shape index (κ1) is 18.2. The molecule has 3 aromatic rings. The topological polar surface area (TPSA) is 66.7 Å². The van der Waals surface area contributed by atoms with Crippen LogP contribution >= 0.6 is 0 Å². The van der Waals surface area contributed by atoms with Crippen molar-refractivity contribution in [3.8, 4) is 0 Å². The molecular weight excluding hydrogens is 354 g/mol. The van der Waals surface area contributed by atoms with Crippen molar-refractivity contribution >= 4 is 22.9 Å². The van der Waals surface area contributed by atoms with Crippen LogP contribution in [0.2, 0.25) is 0 Å². The average Bonchev–Trinajstić information content (AvgIpc) is 3.11. The summed E-state index contributed by atoms with van der Waals surface area (Å²) in [5, 5.41) is 0. The Labute approximate surface area is 163 Å². The van der Waals surface area contributed by atoms with Gasteiger partial charge in [0.25, 0.3) is 5.91 Å². The van der Waals surface area contributed by atoms with E-state index >= 15 is 0 Å². The van der Waals surface area contributed by atoms with E-state index in [0.29, 0.717) is 55.2 Å². The second kappa shape index (κ2) is 7.84. The number of benzene rings is 2. The van der Waals surface area contributed by atoms with Crippen molar-refractivity contribution in [2.75, 3.05) is 26.2 Å². The van der Waals surface area contributed by atoms with E-state index < -0.39 is 0 Å². The molecule has 1 fully saturated rings. The Morgan fingerprint density at radius 1 is 1.00 bits per heavy atom. The molecule has 1 aliphatic rings. The van der Waals surface area contributed by atoms with Crippen LogP contribution < -0.4 is 0 Å². The van der Waals surface area contributed by atoms with Crippen LogP contribution in [-0.2, 0) is 11.2 Å². The summed E-state index contributed by atoms with van der Waals surface area (Å²) in [5.41, 5.74) is 3.15. The van der Waals surface area contributed by atoms with Crippen LogP contribution in [0.4, 0.5) is 0 Å². The number of carbonyl (C=O) groups excluding carboxylic acids is 2. The zero-order valence-electron chi connectivity index (χ0n) is 15.9. The number of amides is 2. The van der Waals surface area contributed by atoms with Gasteiger partial charge in [0.1, 0.15) is 5.52 Å². The smallest absolute Gasteiger partial charge is 0.254 e. The fourth-order valence-electron chi connectivity index (χ4n) is 3.57. The van der Waals surface area contributed by atoms with E-state index in [1.54, 1.807) is 30.0 Å². The Balaban J connectivity index is 1.32. The Bertz CT molecular complexity index is 989. The number of fused-ring (bicyclic) bond motifs is 1. The zero-order chi connectivity index (χ0) is 19.5. The Kier molecular flexibility index (Phi) is 5.10. The number of piperazine rings is 1. The lowest BCUT2D eigenvalue weighted by Crippen LogP contribution is -2.50. The minimum absolute atomic E-state index is 0.0288. The van der Waals surface area contributed by atoms with Crippen molar-refractivity contribution in [1.29, 1.82) is 0 Å². The number of hydrogen-bond donors (Lipinski definition) is 0. The number of aromatic nitrogens is 1. The van der Waals surface area contributed by atoms with Crippen molar-refractivity contribution in [2.45, 2.75) is 19.8 Å². The predicted molar refractivity (Wildman–Crippen MR) is 106 cm³/mol. The summed E-state index contributed by atoms with van der Waals surface area (Å²) in [4.78, 5) is 33.2.